The van der Waals surface area contributed by atoms with Crippen LogP contribution in [0.5, 0.6) is 5.75 Å². The lowest BCUT2D eigenvalue weighted by Gasteiger charge is -2.20. The number of nitrogens with two attached hydrogens (primary N) is 1. The van der Waals surface area contributed by atoms with Crippen LogP contribution in [0.4, 0.5) is 0 Å². The number of methoxy groups -OCH3 is 1. The molecular weight excluding hydrogens is 514 g/mol. The molecule has 0 aliphatic heterocycles. The molecule has 0 bridgehead atoms. The van der Waals surface area contributed by atoms with Gasteiger partial charge < -0.3 is 25.0 Å². The number of carbonyl (C=O) groups is 1. The molecule has 3 aromatic carbocycles. The van der Waals surface area contributed by atoms with Crippen molar-refractivity contribution < 1.29 is 9.53 Å². The zero-order valence-electron chi connectivity index (χ0n) is 22.9. The van der Waals surface area contributed by atoms with Gasteiger partial charge in [-0.1, -0.05) is 48.5 Å². The number of nitrogens with zero attached hydrogens (tertiary/aromatic N) is 3. The number of hydrogen-bond acceptors (Lipinski definition) is 5. The van der Waals surface area contributed by atoms with E-state index in [2.05, 4.69) is 73.6 Å². The number of ether oxygens (including phenoxy) is 1. The molecule has 0 saturated carbocycles. The first-order chi connectivity index (χ1) is 20.1. The average molecular weight is 548 g/mol. The third-order valence-corrected chi connectivity index (χ3v) is 7.58. The Kier molecular flexibility index (Phi) is 7.51. The SMILES string of the molecule is COc1ccc(Cn2c(CCc3c[nH]c4ccccc34)nnc2[C@@H](Cc2c[nH]c3ccccc23)NCC(N)=O)cc1. The predicted molar refractivity (Wildman–Crippen MR) is 160 cm³/mol. The Morgan fingerprint density at radius 2 is 1.56 bits per heavy atom. The van der Waals surface area contributed by atoms with Gasteiger partial charge in [0.15, 0.2) is 5.82 Å². The van der Waals surface area contributed by atoms with Crippen LogP contribution in [0.15, 0.2) is 85.2 Å². The number of amides is 1. The second-order valence-electron chi connectivity index (χ2n) is 10.2. The van der Waals surface area contributed by atoms with Crippen molar-refractivity contribution >= 4 is 27.7 Å². The van der Waals surface area contributed by atoms with E-state index in [1.807, 2.05) is 36.5 Å². The largest absolute Gasteiger partial charge is 0.497 e. The van der Waals surface area contributed by atoms with Crippen molar-refractivity contribution in [2.45, 2.75) is 31.8 Å². The highest BCUT2D eigenvalue weighted by Crippen LogP contribution is 2.26. The number of nitrogens with one attached hydrogen (secondary N) is 3. The zero-order valence-corrected chi connectivity index (χ0v) is 22.9. The fourth-order valence-corrected chi connectivity index (χ4v) is 5.46. The number of para-hydroxylation sites is 2. The number of aromatic amines is 2. The molecule has 9 nitrogen and oxygen atoms in total. The highest BCUT2D eigenvalue weighted by molar-refractivity contribution is 5.83. The van der Waals surface area contributed by atoms with E-state index in [0.29, 0.717) is 19.4 Å². The summed E-state index contributed by atoms with van der Waals surface area (Å²) in [4.78, 5) is 18.6. The van der Waals surface area contributed by atoms with Gasteiger partial charge in [0.25, 0.3) is 0 Å². The average Bonchev–Trinajstić information content (AvgIpc) is 3.72. The number of H-pyrrole nitrogens is 2. The summed E-state index contributed by atoms with van der Waals surface area (Å²) < 4.78 is 7.53. The van der Waals surface area contributed by atoms with Crippen LogP contribution in [0, 0.1) is 0 Å². The normalized spacial score (nSPS) is 12.2. The predicted octanol–water partition coefficient (Wildman–Crippen LogP) is 4.44. The molecule has 6 rings (SSSR count). The van der Waals surface area contributed by atoms with E-state index in [1.54, 1.807) is 7.11 Å². The van der Waals surface area contributed by atoms with Gasteiger partial charge in [-0.2, -0.15) is 0 Å². The van der Waals surface area contributed by atoms with Crippen molar-refractivity contribution in [2.24, 2.45) is 5.73 Å². The lowest BCUT2D eigenvalue weighted by atomic mass is 10.0. The maximum atomic E-state index is 11.8. The Balaban J connectivity index is 1.35. The molecule has 9 heteroatoms. The summed E-state index contributed by atoms with van der Waals surface area (Å²) in [6.07, 6.45) is 6.23. The molecule has 41 heavy (non-hydrogen) atoms. The minimum Gasteiger partial charge on any atom is -0.497 e. The third kappa shape index (κ3) is 5.71. The van der Waals surface area contributed by atoms with E-state index in [0.717, 1.165) is 51.4 Å². The van der Waals surface area contributed by atoms with Gasteiger partial charge in [0, 0.05) is 40.6 Å². The molecule has 0 unspecified atom stereocenters. The third-order valence-electron chi connectivity index (χ3n) is 7.58. The van der Waals surface area contributed by atoms with Crippen molar-refractivity contribution in [1.82, 2.24) is 30.0 Å². The van der Waals surface area contributed by atoms with Crippen molar-refractivity contribution in [1.29, 1.82) is 0 Å². The monoisotopic (exact) mass is 547 g/mol. The van der Waals surface area contributed by atoms with Crippen LogP contribution in [-0.2, 0) is 30.6 Å². The standard InChI is InChI=1S/C32H33N7O2/c1-41-24-13-10-21(11-14-24)20-39-31(15-12-22-17-34-27-8-4-2-6-25(22)27)37-38-32(39)29(36-19-30(33)40)16-23-18-35-28-9-5-3-7-26(23)28/h2-11,13-14,17-18,29,34-36H,12,15-16,19-20H2,1H3,(H2,33,40)/t29-/m1/s1. The molecule has 0 aliphatic carbocycles. The molecule has 0 spiro atoms. The fourth-order valence-electron chi connectivity index (χ4n) is 5.46. The van der Waals surface area contributed by atoms with Gasteiger partial charge in [-0.05, 0) is 53.8 Å². The Bertz CT molecular complexity index is 1780. The van der Waals surface area contributed by atoms with Gasteiger partial charge in [-0.25, -0.2) is 0 Å². The van der Waals surface area contributed by atoms with Gasteiger partial charge in [0.1, 0.15) is 11.6 Å². The number of benzene rings is 3. The van der Waals surface area contributed by atoms with Crippen LogP contribution in [0.2, 0.25) is 0 Å². The van der Waals surface area contributed by atoms with Gasteiger partial charge in [-0.3, -0.25) is 10.1 Å². The number of fused-ring (bicyclic) bond motifs is 2. The molecule has 0 radical (unpaired) electrons. The number of hydrogen-bond donors (Lipinski definition) is 4. The summed E-state index contributed by atoms with van der Waals surface area (Å²) in [7, 11) is 1.66. The molecule has 1 atom stereocenters. The number of carbonyl (C=O) groups excluding carboxylic acids is 1. The summed E-state index contributed by atoms with van der Waals surface area (Å²) in [6.45, 7) is 0.616. The first kappa shape index (κ1) is 26.3. The van der Waals surface area contributed by atoms with E-state index in [-0.39, 0.29) is 12.6 Å². The second kappa shape index (κ2) is 11.7. The van der Waals surface area contributed by atoms with Gasteiger partial charge in [0.05, 0.1) is 26.2 Å². The van der Waals surface area contributed by atoms with E-state index < -0.39 is 5.91 Å². The quantitative estimate of drug-likeness (QED) is 0.180. The van der Waals surface area contributed by atoms with Crippen LogP contribution < -0.4 is 15.8 Å². The summed E-state index contributed by atoms with van der Waals surface area (Å²) in [5.74, 6) is 2.03. The maximum absolute atomic E-state index is 11.8. The molecule has 5 N–H and O–H groups in total. The smallest absolute Gasteiger partial charge is 0.231 e. The fraction of sp³-hybridized carbons (Fsp3) is 0.219. The number of rotatable bonds is 12. The molecule has 6 aromatic rings. The van der Waals surface area contributed by atoms with Crippen molar-refractivity contribution in [2.75, 3.05) is 13.7 Å². The highest BCUT2D eigenvalue weighted by Gasteiger charge is 2.24. The molecule has 0 saturated heterocycles. The van der Waals surface area contributed by atoms with Crippen molar-refractivity contribution in [3.63, 3.8) is 0 Å². The highest BCUT2D eigenvalue weighted by atomic mass is 16.5. The Morgan fingerprint density at radius 3 is 2.24 bits per heavy atom. The van der Waals surface area contributed by atoms with Crippen molar-refractivity contribution in [3.05, 3.63) is 114 Å². The van der Waals surface area contributed by atoms with E-state index >= 15 is 0 Å². The van der Waals surface area contributed by atoms with E-state index in [4.69, 9.17) is 15.6 Å². The molecule has 208 valence electrons. The zero-order chi connectivity index (χ0) is 28.2. The number of primary amides is 1. The lowest BCUT2D eigenvalue weighted by Crippen LogP contribution is -2.34. The van der Waals surface area contributed by atoms with Gasteiger partial charge >= 0.3 is 0 Å². The summed E-state index contributed by atoms with van der Waals surface area (Å²) in [5, 5.41) is 15.1. The van der Waals surface area contributed by atoms with Crippen LogP contribution >= 0.6 is 0 Å². The first-order valence-corrected chi connectivity index (χ1v) is 13.8. The minimum absolute atomic E-state index is 0.0348. The summed E-state index contributed by atoms with van der Waals surface area (Å²) >= 11 is 0. The van der Waals surface area contributed by atoms with Crippen LogP contribution in [0.25, 0.3) is 21.8 Å². The Labute approximate surface area is 237 Å². The summed E-state index contributed by atoms with van der Waals surface area (Å²) in [6, 6.07) is 24.3. The molecule has 0 aliphatic rings. The Morgan fingerprint density at radius 1 is 0.902 bits per heavy atom. The topological polar surface area (TPSA) is 127 Å². The molecule has 3 heterocycles. The van der Waals surface area contributed by atoms with Crippen molar-refractivity contribution in [3.8, 4) is 5.75 Å². The molecule has 3 aromatic heterocycles. The number of aromatic nitrogens is 5. The molecule has 0 fully saturated rings. The molecule has 1 amide bonds. The second-order valence-corrected chi connectivity index (χ2v) is 10.2. The van der Waals surface area contributed by atoms with Gasteiger partial charge in [-0.15, -0.1) is 10.2 Å². The van der Waals surface area contributed by atoms with Crippen LogP contribution in [0.3, 0.4) is 0 Å². The first-order valence-electron chi connectivity index (χ1n) is 13.8. The number of aryl methyl sites for hydroxylation is 2. The Hall–Kier alpha value is -4.89. The molecular formula is C32H33N7O2. The lowest BCUT2D eigenvalue weighted by molar-refractivity contribution is -0.117. The van der Waals surface area contributed by atoms with E-state index in [1.165, 1.54) is 10.9 Å². The summed E-state index contributed by atoms with van der Waals surface area (Å²) in [5.41, 5.74) is 11.2. The minimum atomic E-state index is -0.422. The van der Waals surface area contributed by atoms with E-state index in [9.17, 15) is 4.79 Å². The maximum Gasteiger partial charge on any atom is 0.231 e. The van der Waals surface area contributed by atoms with Crippen LogP contribution in [0.1, 0.15) is 34.4 Å². The van der Waals surface area contributed by atoms with Gasteiger partial charge in [0.2, 0.25) is 5.91 Å². The van der Waals surface area contributed by atoms with Crippen LogP contribution in [-0.4, -0.2) is 44.3 Å².